The van der Waals surface area contributed by atoms with E-state index < -0.39 is 10.0 Å². The minimum absolute atomic E-state index is 0.195. The molecule has 3 aromatic rings. The van der Waals surface area contributed by atoms with Crippen LogP contribution >= 0.6 is 11.8 Å². The van der Waals surface area contributed by atoms with Crippen molar-refractivity contribution in [2.75, 3.05) is 13.1 Å². The van der Waals surface area contributed by atoms with Gasteiger partial charge in [0.15, 0.2) is 0 Å². The molecule has 0 fully saturated rings. The molecule has 0 bridgehead atoms. The van der Waals surface area contributed by atoms with E-state index in [1.54, 1.807) is 12.1 Å². The van der Waals surface area contributed by atoms with Crippen LogP contribution in [0.2, 0.25) is 0 Å². The van der Waals surface area contributed by atoms with Gasteiger partial charge >= 0.3 is 0 Å². The van der Waals surface area contributed by atoms with Crippen molar-refractivity contribution in [3.63, 3.8) is 0 Å². The molecule has 160 valence electrons. The lowest BCUT2D eigenvalue weighted by atomic mass is 10.0. The fraction of sp³-hybridized carbons (Fsp3) is 0.381. The van der Waals surface area contributed by atoms with Gasteiger partial charge in [0.05, 0.1) is 10.8 Å². The van der Waals surface area contributed by atoms with Gasteiger partial charge in [0, 0.05) is 24.8 Å². The maximum atomic E-state index is 12.5. The average Bonchev–Trinajstić information content (AvgIpc) is 3.22. The van der Waals surface area contributed by atoms with E-state index in [4.69, 9.17) is 4.52 Å². The van der Waals surface area contributed by atoms with Crippen molar-refractivity contribution >= 4 is 21.8 Å². The minimum Gasteiger partial charge on any atom is -0.338 e. The van der Waals surface area contributed by atoms with Gasteiger partial charge < -0.3 is 4.52 Å². The van der Waals surface area contributed by atoms with E-state index >= 15 is 0 Å². The minimum atomic E-state index is -3.50. The first-order valence-corrected chi connectivity index (χ1v) is 12.3. The number of hydrogen-bond acceptors (Lipinski definition) is 7. The first-order valence-electron chi connectivity index (χ1n) is 9.87. The molecule has 0 spiro atoms. The third-order valence-electron chi connectivity index (χ3n) is 4.70. The van der Waals surface area contributed by atoms with Gasteiger partial charge in [0.1, 0.15) is 4.90 Å². The molecule has 0 aliphatic rings. The number of benzene rings is 1. The third kappa shape index (κ3) is 5.08. The van der Waals surface area contributed by atoms with E-state index in [-0.39, 0.29) is 4.90 Å². The molecule has 1 aromatic carbocycles. The second-order valence-corrected chi connectivity index (χ2v) is 9.93. The summed E-state index contributed by atoms with van der Waals surface area (Å²) in [6, 6.07) is 11.4. The van der Waals surface area contributed by atoms with Crippen LogP contribution < -0.4 is 0 Å². The SMILES string of the molecule is CCN(CC)S(=O)(=O)c1ccc(SCc2nc(-c3ccc(C(C)C)cc3)no2)nc1. The maximum absolute atomic E-state index is 12.5. The number of aromatic nitrogens is 3. The van der Waals surface area contributed by atoms with Gasteiger partial charge in [-0.1, -0.05) is 68.9 Å². The molecule has 0 amide bonds. The predicted molar refractivity (Wildman–Crippen MR) is 118 cm³/mol. The summed E-state index contributed by atoms with van der Waals surface area (Å²) in [6.07, 6.45) is 1.39. The summed E-state index contributed by atoms with van der Waals surface area (Å²) < 4.78 is 31.8. The molecule has 0 aliphatic heterocycles. The molecule has 2 aromatic heterocycles. The smallest absolute Gasteiger partial charge is 0.244 e. The molecule has 0 unspecified atom stereocenters. The van der Waals surface area contributed by atoms with Gasteiger partial charge in [0.2, 0.25) is 21.7 Å². The summed E-state index contributed by atoms with van der Waals surface area (Å²) in [5.41, 5.74) is 2.17. The van der Waals surface area contributed by atoms with Crippen molar-refractivity contribution in [1.29, 1.82) is 0 Å². The first-order chi connectivity index (χ1) is 14.3. The number of nitrogens with zero attached hydrogens (tertiary/aromatic N) is 4. The molecule has 0 atom stereocenters. The van der Waals surface area contributed by atoms with E-state index in [9.17, 15) is 8.42 Å². The first kappa shape index (κ1) is 22.5. The topological polar surface area (TPSA) is 89.2 Å². The summed E-state index contributed by atoms with van der Waals surface area (Å²) in [6.45, 7) is 8.78. The number of sulfonamides is 1. The van der Waals surface area contributed by atoms with E-state index in [0.717, 1.165) is 5.56 Å². The lowest BCUT2D eigenvalue weighted by Gasteiger charge is -2.18. The molecule has 30 heavy (non-hydrogen) atoms. The second-order valence-electron chi connectivity index (χ2n) is 7.00. The quantitative estimate of drug-likeness (QED) is 0.445. The van der Waals surface area contributed by atoms with Crippen LogP contribution in [0.5, 0.6) is 0 Å². The Labute approximate surface area is 182 Å². The normalized spacial score (nSPS) is 12.1. The van der Waals surface area contributed by atoms with Crippen molar-refractivity contribution in [3.8, 4) is 11.4 Å². The molecule has 0 radical (unpaired) electrons. The summed E-state index contributed by atoms with van der Waals surface area (Å²) in [5.74, 6) is 1.96. The van der Waals surface area contributed by atoms with Crippen LogP contribution in [0.25, 0.3) is 11.4 Å². The molecule has 0 saturated carbocycles. The van der Waals surface area contributed by atoms with Gasteiger partial charge in [-0.25, -0.2) is 13.4 Å². The molecule has 0 saturated heterocycles. The lowest BCUT2D eigenvalue weighted by molar-refractivity contribution is 0.391. The predicted octanol–water partition coefficient (Wildman–Crippen LogP) is 4.58. The van der Waals surface area contributed by atoms with Crippen LogP contribution in [-0.2, 0) is 15.8 Å². The zero-order chi connectivity index (χ0) is 21.7. The van der Waals surface area contributed by atoms with E-state index in [0.29, 0.717) is 41.5 Å². The van der Waals surface area contributed by atoms with E-state index in [1.807, 2.05) is 26.0 Å². The van der Waals surface area contributed by atoms with Crippen LogP contribution in [0.15, 0.2) is 57.0 Å². The van der Waals surface area contributed by atoms with E-state index in [1.165, 1.54) is 27.8 Å². The highest BCUT2D eigenvalue weighted by Crippen LogP contribution is 2.25. The Bertz CT molecular complexity index is 1060. The van der Waals surface area contributed by atoms with E-state index in [2.05, 4.69) is 41.1 Å². The van der Waals surface area contributed by atoms with Crippen LogP contribution in [0, 0.1) is 0 Å². The Hall–Kier alpha value is -2.23. The molecular formula is C21H26N4O3S2. The monoisotopic (exact) mass is 446 g/mol. The summed E-state index contributed by atoms with van der Waals surface area (Å²) in [4.78, 5) is 8.91. The van der Waals surface area contributed by atoms with Gasteiger partial charge in [-0.05, 0) is 23.6 Å². The van der Waals surface area contributed by atoms with Crippen LogP contribution in [0.4, 0.5) is 0 Å². The average molecular weight is 447 g/mol. The Morgan fingerprint density at radius 3 is 2.33 bits per heavy atom. The van der Waals surface area contributed by atoms with Gasteiger partial charge in [-0.15, -0.1) is 0 Å². The van der Waals surface area contributed by atoms with Crippen molar-refractivity contribution < 1.29 is 12.9 Å². The molecular weight excluding hydrogens is 420 g/mol. The Morgan fingerprint density at radius 1 is 1.07 bits per heavy atom. The van der Waals surface area contributed by atoms with Crippen LogP contribution in [0.3, 0.4) is 0 Å². The van der Waals surface area contributed by atoms with Crippen LogP contribution in [-0.4, -0.2) is 40.9 Å². The number of hydrogen-bond donors (Lipinski definition) is 0. The van der Waals surface area contributed by atoms with Gasteiger partial charge in [-0.2, -0.15) is 9.29 Å². The molecule has 9 heteroatoms. The lowest BCUT2D eigenvalue weighted by Crippen LogP contribution is -2.30. The second kappa shape index (κ2) is 9.72. The molecule has 0 N–H and O–H groups in total. The van der Waals surface area contributed by atoms with Gasteiger partial charge in [-0.3, -0.25) is 0 Å². The van der Waals surface area contributed by atoms with Crippen molar-refractivity contribution in [2.45, 2.75) is 49.3 Å². The van der Waals surface area contributed by atoms with Crippen molar-refractivity contribution in [1.82, 2.24) is 19.4 Å². The molecule has 3 rings (SSSR count). The highest BCUT2D eigenvalue weighted by atomic mass is 32.2. The highest BCUT2D eigenvalue weighted by Gasteiger charge is 2.21. The maximum Gasteiger partial charge on any atom is 0.244 e. The van der Waals surface area contributed by atoms with Gasteiger partial charge in [0.25, 0.3) is 0 Å². The standard InChI is InChI=1S/C21H26N4O3S2/c1-5-25(6-2)30(26,27)18-11-12-20(22-13-18)29-14-19-23-21(24-28-19)17-9-7-16(8-10-17)15(3)4/h7-13,15H,5-6,14H2,1-4H3. The van der Waals surface area contributed by atoms with Crippen LogP contribution in [0.1, 0.15) is 45.1 Å². The number of pyridine rings is 1. The molecule has 0 aliphatic carbocycles. The summed E-state index contributed by atoms with van der Waals surface area (Å²) >= 11 is 1.41. The Balaban J connectivity index is 1.64. The molecule has 2 heterocycles. The highest BCUT2D eigenvalue weighted by molar-refractivity contribution is 7.98. The number of thioether (sulfide) groups is 1. The zero-order valence-corrected chi connectivity index (χ0v) is 19.2. The largest absolute Gasteiger partial charge is 0.338 e. The summed E-state index contributed by atoms with van der Waals surface area (Å²) in [7, 11) is -3.50. The Kier molecular flexibility index (Phi) is 7.27. The number of rotatable bonds is 9. The zero-order valence-electron chi connectivity index (χ0n) is 17.6. The van der Waals surface area contributed by atoms with Crippen molar-refractivity contribution in [2.24, 2.45) is 0 Å². The fourth-order valence-electron chi connectivity index (χ4n) is 2.90. The fourth-order valence-corrected chi connectivity index (χ4v) is 4.98. The van der Waals surface area contributed by atoms with Crippen molar-refractivity contribution in [3.05, 3.63) is 54.0 Å². The third-order valence-corrected chi connectivity index (χ3v) is 7.66. The molecule has 7 nitrogen and oxygen atoms in total. The Morgan fingerprint density at radius 2 is 1.77 bits per heavy atom. The summed E-state index contributed by atoms with van der Waals surface area (Å²) in [5, 5.41) is 4.74.